The Morgan fingerprint density at radius 1 is 1.18 bits per heavy atom. The summed E-state index contributed by atoms with van der Waals surface area (Å²) in [7, 11) is 0. The predicted octanol–water partition coefficient (Wildman–Crippen LogP) is 5.62. The maximum Gasteiger partial charge on any atom is 0.306 e. The predicted molar refractivity (Wildman–Crippen MR) is 128 cm³/mol. The van der Waals surface area contributed by atoms with Gasteiger partial charge in [-0.2, -0.15) is 0 Å². The van der Waals surface area contributed by atoms with Crippen molar-refractivity contribution in [3.8, 4) is 17.0 Å². The first-order valence-electron chi connectivity index (χ1n) is 11.3. The molecule has 2 aromatic heterocycles. The molecule has 0 fully saturated rings. The van der Waals surface area contributed by atoms with Gasteiger partial charge in [-0.25, -0.2) is 4.98 Å². The van der Waals surface area contributed by atoms with Gasteiger partial charge in [0, 0.05) is 42.0 Å². The molecule has 3 heterocycles. The lowest BCUT2D eigenvalue weighted by atomic mass is 9.99. The molecule has 0 bridgehead atoms. The van der Waals surface area contributed by atoms with Crippen LogP contribution >= 0.6 is 0 Å². The molecule has 168 valence electrons. The normalized spacial score (nSPS) is 14.7. The van der Waals surface area contributed by atoms with E-state index < -0.39 is 0 Å². The summed E-state index contributed by atoms with van der Waals surface area (Å²) in [6.07, 6.45) is 2.09. The minimum atomic E-state index is -0.325. The minimum Gasteiger partial charge on any atom is -0.489 e. The number of benzene rings is 2. The van der Waals surface area contributed by atoms with Crippen molar-refractivity contribution in [2.75, 3.05) is 11.9 Å². The Balaban J connectivity index is 1.36. The van der Waals surface area contributed by atoms with E-state index in [4.69, 9.17) is 14.5 Å². The number of anilines is 1. The molecule has 1 N–H and O–H groups in total. The smallest absolute Gasteiger partial charge is 0.306 e. The molecular formula is C27H27N3O3. The van der Waals surface area contributed by atoms with Gasteiger partial charge in [0.05, 0.1) is 11.4 Å². The lowest BCUT2D eigenvalue weighted by molar-refractivity contribution is -0.149. The minimum absolute atomic E-state index is 0.213. The number of hydrogen-bond donors (Lipinski definition) is 1. The van der Waals surface area contributed by atoms with Crippen LogP contribution in [0, 0.1) is 13.8 Å². The van der Waals surface area contributed by atoms with Crippen molar-refractivity contribution in [3.05, 3.63) is 83.2 Å². The van der Waals surface area contributed by atoms with Crippen LogP contribution in [0.15, 0.2) is 60.8 Å². The largest absolute Gasteiger partial charge is 0.489 e. The van der Waals surface area contributed by atoms with Crippen molar-refractivity contribution in [1.82, 2.24) is 9.38 Å². The first-order chi connectivity index (χ1) is 16.0. The number of fused-ring (bicyclic) bond motifs is 2. The second kappa shape index (κ2) is 8.62. The summed E-state index contributed by atoms with van der Waals surface area (Å²) >= 11 is 0. The van der Waals surface area contributed by atoms with Gasteiger partial charge in [0.2, 0.25) is 0 Å². The van der Waals surface area contributed by atoms with E-state index in [2.05, 4.69) is 48.0 Å². The van der Waals surface area contributed by atoms with Gasteiger partial charge in [-0.15, -0.1) is 0 Å². The third-order valence-corrected chi connectivity index (χ3v) is 6.20. The summed E-state index contributed by atoms with van der Waals surface area (Å²) in [5.41, 5.74) is 8.61. The number of pyridine rings is 1. The van der Waals surface area contributed by atoms with E-state index in [1.54, 1.807) is 6.92 Å². The SMILES string of the molecule is CCC(=O)O[C@@H]1COc2cc(NCc3cccc(-c4c(C)nc5ccccn45)c3C)ccc21. The van der Waals surface area contributed by atoms with Gasteiger partial charge in [0.15, 0.2) is 6.10 Å². The highest BCUT2D eigenvalue weighted by Gasteiger charge is 2.27. The van der Waals surface area contributed by atoms with E-state index in [0.717, 1.165) is 34.0 Å². The average Bonchev–Trinajstić information content (AvgIpc) is 3.38. The number of ether oxygens (including phenoxy) is 2. The van der Waals surface area contributed by atoms with Crippen molar-refractivity contribution < 1.29 is 14.3 Å². The number of aryl methyl sites for hydroxylation is 1. The third kappa shape index (κ3) is 3.93. The van der Waals surface area contributed by atoms with E-state index in [1.807, 2.05) is 36.4 Å². The summed E-state index contributed by atoms with van der Waals surface area (Å²) < 4.78 is 13.4. The van der Waals surface area contributed by atoms with Crippen LogP contribution in [0.4, 0.5) is 5.69 Å². The Labute approximate surface area is 193 Å². The first kappa shape index (κ1) is 21.1. The fourth-order valence-electron chi connectivity index (χ4n) is 4.40. The van der Waals surface area contributed by atoms with E-state index >= 15 is 0 Å². The zero-order chi connectivity index (χ0) is 22.9. The summed E-state index contributed by atoms with van der Waals surface area (Å²) in [5, 5.41) is 3.51. The number of rotatable bonds is 6. The van der Waals surface area contributed by atoms with Crippen LogP contribution in [-0.2, 0) is 16.1 Å². The molecule has 1 aliphatic heterocycles. The average molecular weight is 442 g/mol. The molecule has 6 nitrogen and oxygen atoms in total. The van der Waals surface area contributed by atoms with Crippen LogP contribution < -0.4 is 10.1 Å². The molecule has 2 aromatic carbocycles. The van der Waals surface area contributed by atoms with Gasteiger partial charge in [0.1, 0.15) is 18.0 Å². The van der Waals surface area contributed by atoms with Crippen molar-refractivity contribution >= 4 is 17.3 Å². The van der Waals surface area contributed by atoms with E-state index in [9.17, 15) is 4.79 Å². The number of aromatic nitrogens is 2. The van der Waals surface area contributed by atoms with Crippen molar-refractivity contribution in [2.24, 2.45) is 0 Å². The molecule has 0 saturated heterocycles. The third-order valence-electron chi connectivity index (χ3n) is 6.20. The van der Waals surface area contributed by atoms with Crippen LogP contribution in [0.1, 0.15) is 41.8 Å². The van der Waals surface area contributed by atoms with E-state index in [-0.39, 0.29) is 12.1 Å². The fourth-order valence-corrected chi connectivity index (χ4v) is 4.40. The molecule has 0 saturated carbocycles. The second-order valence-corrected chi connectivity index (χ2v) is 8.31. The standard InChI is InChI=1S/C27H27N3O3/c1-4-26(31)33-24-16-32-23-14-20(11-12-22(23)24)28-15-19-8-7-9-21(17(19)2)27-18(3)29-25-10-5-6-13-30(25)27/h5-14,24,28H,4,15-16H2,1-3H3/t24-/m1/s1. The molecule has 0 amide bonds. The monoisotopic (exact) mass is 441 g/mol. The van der Waals surface area contributed by atoms with Gasteiger partial charge in [-0.05, 0) is 49.2 Å². The Morgan fingerprint density at radius 3 is 2.91 bits per heavy atom. The lowest BCUT2D eigenvalue weighted by Crippen LogP contribution is -2.11. The molecule has 0 aliphatic carbocycles. The number of nitrogens with zero attached hydrogens (tertiary/aromatic N) is 2. The Hall–Kier alpha value is -3.80. The quantitative estimate of drug-likeness (QED) is 0.394. The molecular weight excluding hydrogens is 414 g/mol. The highest BCUT2D eigenvalue weighted by atomic mass is 16.6. The maximum absolute atomic E-state index is 11.6. The number of carbonyl (C=O) groups is 1. The number of carbonyl (C=O) groups excluding carboxylic acids is 1. The Kier molecular flexibility index (Phi) is 5.50. The first-order valence-corrected chi connectivity index (χ1v) is 11.3. The van der Waals surface area contributed by atoms with Gasteiger partial charge in [-0.3, -0.25) is 9.20 Å². The van der Waals surface area contributed by atoms with Gasteiger partial charge in [0.25, 0.3) is 0 Å². The number of hydrogen-bond acceptors (Lipinski definition) is 5. The van der Waals surface area contributed by atoms with Crippen LogP contribution in [-0.4, -0.2) is 22.0 Å². The number of imidazole rings is 1. The molecule has 33 heavy (non-hydrogen) atoms. The van der Waals surface area contributed by atoms with E-state index in [1.165, 1.54) is 16.7 Å². The Morgan fingerprint density at radius 2 is 2.06 bits per heavy atom. The zero-order valence-electron chi connectivity index (χ0n) is 19.1. The van der Waals surface area contributed by atoms with E-state index in [0.29, 0.717) is 19.6 Å². The topological polar surface area (TPSA) is 64.9 Å². The van der Waals surface area contributed by atoms with Crippen molar-refractivity contribution in [2.45, 2.75) is 39.8 Å². The molecule has 0 spiro atoms. The van der Waals surface area contributed by atoms with Gasteiger partial charge >= 0.3 is 5.97 Å². The Bertz CT molecular complexity index is 1340. The molecule has 5 rings (SSSR count). The fraction of sp³-hybridized carbons (Fsp3) is 0.259. The lowest BCUT2D eigenvalue weighted by Gasteiger charge is -2.14. The van der Waals surface area contributed by atoms with Crippen molar-refractivity contribution in [3.63, 3.8) is 0 Å². The molecule has 6 heteroatoms. The molecule has 0 unspecified atom stereocenters. The highest BCUT2D eigenvalue weighted by molar-refractivity contribution is 5.71. The van der Waals surface area contributed by atoms with Crippen LogP contribution in [0.3, 0.4) is 0 Å². The highest BCUT2D eigenvalue weighted by Crippen LogP contribution is 2.37. The molecule has 1 aliphatic rings. The van der Waals surface area contributed by atoms with Gasteiger partial charge in [-0.1, -0.05) is 31.2 Å². The van der Waals surface area contributed by atoms with Crippen molar-refractivity contribution in [1.29, 1.82) is 0 Å². The van der Waals surface area contributed by atoms with Crippen LogP contribution in [0.5, 0.6) is 5.75 Å². The maximum atomic E-state index is 11.6. The van der Waals surface area contributed by atoms with Crippen LogP contribution in [0.25, 0.3) is 16.9 Å². The summed E-state index contributed by atoms with van der Waals surface area (Å²) in [6, 6.07) is 18.4. The second-order valence-electron chi connectivity index (χ2n) is 8.31. The zero-order valence-corrected chi connectivity index (χ0v) is 19.1. The summed E-state index contributed by atoms with van der Waals surface area (Å²) in [5.74, 6) is 0.552. The number of nitrogens with one attached hydrogen (secondary N) is 1. The molecule has 4 aromatic rings. The molecule has 0 radical (unpaired) electrons. The van der Waals surface area contributed by atoms with Gasteiger partial charge < -0.3 is 14.8 Å². The summed E-state index contributed by atoms with van der Waals surface area (Å²) in [6.45, 7) is 7.06. The number of esters is 1. The summed E-state index contributed by atoms with van der Waals surface area (Å²) in [4.78, 5) is 16.4. The van der Waals surface area contributed by atoms with Crippen LogP contribution in [0.2, 0.25) is 0 Å². The molecule has 1 atom stereocenters.